The molecule has 1 aliphatic heterocycles. The highest BCUT2D eigenvalue weighted by Gasteiger charge is 2.56. The van der Waals surface area contributed by atoms with Gasteiger partial charge in [0.15, 0.2) is 5.92 Å². The van der Waals surface area contributed by atoms with Gasteiger partial charge in [-0.15, -0.1) is 0 Å². The van der Waals surface area contributed by atoms with Gasteiger partial charge in [-0.2, -0.15) is 0 Å². The van der Waals surface area contributed by atoms with E-state index >= 15 is 0 Å². The van der Waals surface area contributed by atoms with Crippen molar-refractivity contribution in [2.45, 2.75) is 38.6 Å². The van der Waals surface area contributed by atoms with E-state index in [0.29, 0.717) is 5.75 Å². The molecule has 2 aromatic carbocycles. The number of esters is 2. The van der Waals surface area contributed by atoms with Crippen molar-refractivity contribution < 1.29 is 23.8 Å². The van der Waals surface area contributed by atoms with E-state index < -0.39 is 29.3 Å². The van der Waals surface area contributed by atoms with Gasteiger partial charge in [0.25, 0.3) is 0 Å². The first-order valence-electron chi connectivity index (χ1n) is 10.8. The van der Waals surface area contributed by atoms with Crippen LogP contribution in [0.15, 0.2) is 42.5 Å². The lowest BCUT2D eigenvalue weighted by Gasteiger charge is -2.46. The summed E-state index contributed by atoms with van der Waals surface area (Å²) in [5.74, 6) is -1.91. The van der Waals surface area contributed by atoms with Crippen molar-refractivity contribution in [2.75, 3.05) is 25.6 Å². The van der Waals surface area contributed by atoms with E-state index in [2.05, 4.69) is 24.4 Å². The van der Waals surface area contributed by atoms with Crippen LogP contribution in [-0.4, -0.2) is 32.3 Å². The maximum Gasteiger partial charge on any atom is 0.320 e. The molecule has 0 bridgehead atoms. The summed E-state index contributed by atoms with van der Waals surface area (Å²) in [6.07, 6.45) is 0.746. The van der Waals surface area contributed by atoms with Crippen molar-refractivity contribution in [1.29, 1.82) is 0 Å². The minimum absolute atomic E-state index is 0.0386. The Kier molecular flexibility index (Phi) is 5.65. The molecule has 2 aromatic rings. The summed E-state index contributed by atoms with van der Waals surface area (Å²) in [6, 6.07) is 14.1. The van der Waals surface area contributed by atoms with E-state index in [9.17, 15) is 9.59 Å². The molecule has 0 saturated carbocycles. The van der Waals surface area contributed by atoms with Crippen LogP contribution in [0.4, 0.5) is 5.69 Å². The second-order valence-electron chi connectivity index (χ2n) is 8.26. The summed E-state index contributed by atoms with van der Waals surface area (Å²) in [5, 5.41) is 3.71. The Morgan fingerprint density at radius 2 is 1.77 bits per heavy atom. The molecule has 6 nitrogen and oxygen atoms in total. The number of hydrogen-bond donors (Lipinski definition) is 1. The fourth-order valence-corrected chi connectivity index (χ4v) is 5.31. The first kappa shape index (κ1) is 21.2. The lowest BCUT2D eigenvalue weighted by Crippen LogP contribution is -2.48. The molecule has 0 amide bonds. The summed E-state index contributed by atoms with van der Waals surface area (Å²) in [5.41, 5.74) is 3.75. The number of methoxy groups -OCH3 is 1. The quantitative estimate of drug-likeness (QED) is 0.559. The van der Waals surface area contributed by atoms with Crippen LogP contribution in [0.3, 0.4) is 0 Å². The van der Waals surface area contributed by atoms with Gasteiger partial charge in [0.05, 0.1) is 25.9 Å². The van der Waals surface area contributed by atoms with E-state index in [1.807, 2.05) is 30.3 Å². The van der Waals surface area contributed by atoms with E-state index in [0.717, 1.165) is 17.7 Å². The smallest absolute Gasteiger partial charge is 0.320 e. The predicted molar refractivity (Wildman–Crippen MR) is 117 cm³/mol. The lowest BCUT2D eigenvalue weighted by molar-refractivity contribution is -0.164. The standard InChI is InChI=1S/C25H29NO5/c1-5-30-23(27)22(24(28)31-6-2)21-17-14-16(29-4)11-12-20(17)26-25(3)18-10-8-7-9-15(18)13-19(21)25/h7-12,14,19,21-22,26H,5-6,13H2,1-4H3/t19-,21?,25+/m0/s1. The molecule has 3 atom stereocenters. The molecule has 31 heavy (non-hydrogen) atoms. The van der Waals surface area contributed by atoms with Crippen LogP contribution in [0.2, 0.25) is 0 Å². The first-order valence-corrected chi connectivity index (χ1v) is 10.8. The van der Waals surface area contributed by atoms with Crippen LogP contribution in [0.1, 0.15) is 43.4 Å². The Hall–Kier alpha value is -3.02. The molecule has 164 valence electrons. The average molecular weight is 424 g/mol. The van der Waals surface area contributed by atoms with Gasteiger partial charge < -0.3 is 19.5 Å². The number of rotatable bonds is 6. The Morgan fingerprint density at radius 1 is 1.10 bits per heavy atom. The molecule has 0 radical (unpaired) electrons. The monoisotopic (exact) mass is 423 g/mol. The number of anilines is 1. The van der Waals surface area contributed by atoms with E-state index in [-0.39, 0.29) is 19.1 Å². The number of ether oxygens (including phenoxy) is 3. The van der Waals surface area contributed by atoms with E-state index in [1.54, 1.807) is 21.0 Å². The minimum atomic E-state index is -1.05. The van der Waals surface area contributed by atoms with Crippen LogP contribution >= 0.6 is 0 Å². The molecule has 1 unspecified atom stereocenters. The van der Waals surface area contributed by atoms with Crippen molar-refractivity contribution >= 4 is 17.6 Å². The highest BCUT2D eigenvalue weighted by atomic mass is 16.6. The molecular weight excluding hydrogens is 394 g/mol. The van der Waals surface area contributed by atoms with Crippen molar-refractivity contribution in [2.24, 2.45) is 11.8 Å². The molecular formula is C25H29NO5. The highest BCUT2D eigenvalue weighted by Crippen LogP contribution is 2.57. The van der Waals surface area contributed by atoms with E-state index in [1.165, 1.54) is 11.1 Å². The molecule has 1 N–H and O–H groups in total. The zero-order chi connectivity index (χ0) is 22.2. The summed E-state index contributed by atoms with van der Waals surface area (Å²) in [6.45, 7) is 6.04. The van der Waals surface area contributed by atoms with Crippen LogP contribution in [-0.2, 0) is 31.0 Å². The summed E-state index contributed by atoms with van der Waals surface area (Å²) >= 11 is 0. The van der Waals surface area contributed by atoms with E-state index in [4.69, 9.17) is 14.2 Å². The average Bonchev–Trinajstić information content (AvgIpc) is 3.06. The Balaban J connectivity index is 1.91. The number of carbonyl (C=O) groups is 2. The van der Waals surface area contributed by atoms with Gasteiger partial charge in [-0.25, -0.2) is 0 Å². The maximum absolute atomic E-state index is 13.1. The van der Waals surface area contributed by atoms with Crippen LogP contribution < -0.4 is 10.1 Å². The molecule has 1 aliphatic carbocycles. The zero-order valence-corrected chi connectivity index (χ0v) is 18.4. The minimum Gasteiger partial charge on any atom is -0.497 e. The fraction of sp³-hybridized carbons (Fsp3) is 0.440. The molecule has 6 heteroatoms. The van der Waals surface area contributed by atoms with Gasteiger partial charge in [-0.05, 0) is 68.0 Å². The second-order valence-corrected chi connectivity index (χ2v) is 8.26. The third-order valence-electron chi connectivity index (χ3n) is 6.64. The number of hydrogen-bond acceptors (Lipinski definition) is 6. The van der Waals surface area contributed by atoms with Gasteiger partial charge in [-0.3, -0.25) is 9.59 Å². The number of fused-ring (bicyclic) bond motifs is 4. The molecule has 0 saturated heterocycles. The van der Waals surface area contributed by atoms with Crippen molar-refractivity contribution in [3.05, 3.63) is 59.2 Å². The maximum atomic E-state index is 13.1. The number of carbonyl (C=O) groups excluding carboxylic acids is 2. The third kappa shape index (κ3) is 3.44. The van der Waals surface area contributed by atoms with Gasteiger partial charge in [0, 0.05) is 11.6 Å². The second kappa shape index (κ2) is 8.25. The van der Waals surface area contributed by atoms with Gasteiger partial charge >= 0.3 is 11.9 Å². The summed E-state index contributed by atoms with van der Waals surface area (Å²) in [4.78, 5) is 26.2. The van der Waals surface area contributed by atoms with Gasteiger partial charge in [0.2, 0.25) is 0 Å². The topological polar surface area (TPSA) is 73.9 Å². The molecule has 4 rings (SSSR count). The SMILES string of the molecule is CCOC(=O)C(C(=O)OCC)C1c2cc(OC)ccc2N[C@]2(C)c3ccccc3C[C@@H]12. The van der Waals surface area contributed by atoms with Crippen molar-refractivity contribution in [1.82, 2.24) is 0 Å². The van der Waals surface area contributed by atoms with Crippen molar-refractivity contribution in [3.8, 4) is 5.75 Å². The van der Waals surface area contributed by atoms with Crippen molar-refractivity contribution in [3.63, 3.8) is 0 Å². The Morgan fingerprint density at radius 3 is 2.42 bits per heavy atom. The largest absolute Gasteiger partial charge is 0.497 e. The first-order chi connectivity index (χ1) is 14.9. The molecule has 0 spiro atoms. The summed E-state index contributed by atoms with van der Waals surface area (Å²) in [7, 11) is 1.61. The molecule has 2 aliphatic rings. The summed E-state index contributed by atoms with van der Waals surface area (Å²) < 4.78 is 16.2. The predicted octanol–water partition coefficient (Wildman–Crippen LogP) is 4.03. The van der Waals surface area contributed by atoms with Crippen LogP contribution in [0.5, 0.6) is 5.75 Å². The van der Waals surface area contributed by atoms with Gasteiger partial charge in [-0.1, -0.05) is 24.3 Å². The molecule has 0 fully saturated rings. The number of nitrogens with one attached hydrogen (secondary N) is 1. The number of benzene rings is 2. The Labute approximate surface area is 182 Å². The normalized spacial score (nSPS) is 23.3. The molecule has 1 heterocycles. The van der Waals surface area contributed by atoms with Crippen LogP contribution in [0.25, 0.3) is 0 Å². The third-order valence-corrected chi connectivity index (χ3v) is 6.64. The molecule has 0 aromatic heterocycles. The highest BCUT2D eigenvalue weighted by molar-refractivity contribution is 5.96. The Bertz CT molecular complexity index is 985. The fourth-order valence-electron chi connectivity index (χ4n) is 5.31. The van der Waals surface area contributed by atoms with Crippen LogP contribution in [0, 0.1) is 11.8 Å². The zero-order valence-electron chi connectivity index (χ0n) is 18.4. The van der Waals surface area contributed by atoms with Gasteiger partial charge in [0.1, 0.15) is 5.75 Å². The lowest BCUT2D eigenvalue weighted by atomic mass is 9.65.